The summed E-state index contributed by atoms with van der Waals surface area (Å²) in [6.45, 7) is -0.148. The molecule has 1 aromatic heterocycles. The molecule has 9 nitrogen and oxygen atoms in total. The van der Waals surface area contributed by atoms with Crippen LogP contribution < -0.4 is 23.8 Å². The van der Waals surface area contributed by atoms with E-state index >= 15 is 0 Å². The number of carbonyl (C=O) groups excluding carboxylic acids is 1. The molecule has 0 aliphatic heterocycles. The van der Waals surface area contributed by atoms with Crippen LogP contribution in [0, 0.1) is 0 Å². The van der Waals surface area contributed by atoms with E-state index in [2.05, 4.69) is 5.32 Å². The molecule has 0 atom stereocenters. The SMILES string of the molecule is COc1ccc(S(=O)(=O)N(CC(=O)NCCCc2ccco2)c2cc(Cl)ccc2OC)cc1OC. The summed E-state index contributed by atoms with van der Waals surface area (Å²) in [4.78, 5) is 12.7. The first kappa shape index (κ1) is 26.2. The van der Waals surface area contributed by atoms with Crippen LogP contribution in [0.25, 0.3) is 0 Å². The molecular weight excluding hydrogens is 496 g/mol. The number of anilines is 1. The molecule has 0 spiro atoms. The molecule has 11 heteroatoms. The van der Waals surface area contributed by atoms with Crippen LogP contribution in [0.15, 0.2) is 64.1 Å². The maximum absolute atomic E-state index is 13.7. The van der Waals surface area contributed by atoms with E-state index in [0.717, 1.165) is 10.1 Å². The van der Waals surface area contributed by atoms with Crippen molar-refractivity contribution in [3.05, 3.63) is 65.6 Å². The average Bonchev–Trinajstić information content (AvgIpc) is 3.38. The van der Waals surface area contributed by atoms with Crippen LogP contribution in [-0.4, -0.2) is 48.7 Å². The Balaban J connectivity index is 1.89. The minimum Gasteiger partial charge on any atom is -0.495 e. The lowest BCUT2D eigenvalue weighted by Crippen LogP contribution is -2.41. The molecule has 1 heterocycles. The number of methoxy groups -OCH3 is 3. The standard InChI is InChI=1S/C24H27ClN2O7S/c1-31-21-10-8-17(25)14-20(21)27(16-24(28)26-12-4-6-18-7-5-13-34-18)35(29,30)19-9-11-22(32-2)23(15-19)33-3/h5,7-11,13-15H,4,6,12,16H2,1-3H3,(H,26,28). The molecule has 35 heavy (non-hydrogen) atoms. The Kier molecular flexibility index (Phi) is 8.89. The van der Waals surface area contributed by atoms with Gasteiger partial charge in [-0.25, -0.2) is 8.42 Å². The zero-order chi connectivity index (χ0) is 25.4. The normalized spacial score (nSPS) is 11.1. The van der Waals surface area contributed by atoms with Crippen LogP contribution in [0.1, 0.15) is 12.2 Å². The quantitative estimate of drug-likeness (QED) is 0.359. The number of benzene rings is 2. The minimum absolute atomic E-state index is 0.0946. The maximum atomic E-state index is 13.7. The highest BCUT2D eigenvalue weighted by Gasteiger charge is 2.30. The van der Waals surface area contributed by atoms with Gasteiger partial charge in [0.1, 0.15) is 18.1 Å². The molecule has 0 aliphatic carbocycles. The van der Waals surface area contributed by atoms with E-state index in [4.69, 9.17) is 30.2 Å². The molecule has 2 aromatic carbocycles. The number of sulfonamides is 1. The van der Waals surface area contributed by atoms with E-state index in [1.165, 1.54) is 51.7 Å². The fourth-order valence-electron chi connectivity index (χ4n) is 3.39. The number of amides is 1. The lowest BCUT2D eigenvalue weighted by atomic mass is 10.2. The number of ether oxygens (including phenoxy) is 3. The third-order valence-corrected chi connectivity index (χ3v) is 7.13. The number of halogens is 1. The molecule has 3 rings (SSSR count). The van der Waals surface area contributed by atoms with Crippen molar-refractivity contribution >= 4 is 33.2 Å². The number of aryl methyl sites for hydroxylation is 1. The van der Waals surface area contributed by atoms with Crippen LogP contribution in [0.4, 0.5) is 5.69 Å². The van der Waals surface area contributed by atoms with E-state index in [1.807, 2.05) is 6.07 Å². The number of rotatable bonds is 12. The van der Waals surface area contributed by atoms with Crippen LogP contribution in [-0.2, 0) is 21.2 Å². The van der Waals surface area contributed by atoms with Crippen molar-refractivity contribution < 1.29 is 31.8 Å². The monoisotopic (exact) mass is 522 g/mol. The van der Waals surface area contributed by atoms with Crippen LogP contribution in [0.3, 0.4) is 0 Å². The Labute approximate surface area is 209 Å². The van der Waals surface area contributed by atoms with Gasteiger partial charge >= 0.3 is 0 Å². The molecule has 3 aromatic rings. The molecule has 0 bridgehead atoms. The van der Waals surface area contributed by atoms with Gasteiger partial charge < -0.3 is 23.9 Å². The number of hydrogen-bond acceptors (Lipinski definition) is 7. The lowest BCUT2D eigenvalue weighted by Gasteiger charge is -2.26. The van der Waals surface area contributed by atoms with Gasteiger partial charge in [0.2, 0.25) is 5.91 Å². The summed E-state index contributed by atoms with van der Waals surface area (Å²) >= 11 is 6.17. The second-order valence-electron chi connectivity index (χ2n) is 7.38. The number of furan rings is 1. The van der Waals surface area contributed by atoms with E-state index < -0.39 is 22.5 Å². The second kappa shape index (κ2) is 11.9. The highest BCUT2D eigenvalue weighted by molar-refractivity contribution is 7.92. The highest BCUT2D eigenvalue weighted by atomic mass is 35.5. The summed E-state index contributed by atoms with van der Waals surface area (Å²) in [7, 11) is 0.0213. The van der Waals surface area contributed by atoms with E-state index in [9.17, 15) is 13.2 Å². The van der Waals surface area contributed by atoms with Crippen molar-refractivity contribution in [3.8, 4) is 17.2 Å². The van der Waals surface area contributed by atoms with Gasteiger partial charge in [0.15, 0.2) is 11.5 Å². The van der Waals surface area contributed by atoms with Gasteiger partial charge in [-0.05, 0) is 48.9 Å². The third-order valence-electron chi connectivity index (χ3n) is 5.14. The zero-order valence-corrected chi connectivity index (χ0v) is 21.2. The molecule has 1 N–H and O–H groups in total. The summed E-state index contributed by atoms with van der Waals surface area (Å²) < 4.78 is 49.5. The molecule has 0 aliphatic rings. The van der Waals surface area contributed by atoms with E-state index in [1.54, 1.807) is 18.4 Å². The number of carbonyl (C=O) groups is 1. The fraction of sp³-hybridized carbons (Fsp3) is 0.292. The van der Waals surface area contributed by atoms with Crippen molar-refractivity contribution in [2.24, 2.45) is 0 Å². The third kappa shape index (κ3) is 6.40. The summed E-state index contributed by atoms with van der Waals surface area (Å²) in [6, 6.07) is 12.4. The first-order valence-corrected chi connectivity index (χ1v) is 12.5. The van der Waals surface area contributed by atoms with E-state index in [0.29, 0.717) is 25.1 Å². The molecular formula is C24H27ClN2O7S. The fourth-order valence-corrected chi connectivity index (χ4v) is 5.00. The summed E-state index contributed by atoms with van der Waals surface area (Å²) in [5, 5.41) is 3.04. The first-order chi connectivity index (χ1) is 16.8. The highest BCUT2D eigenvalue weighted by Crippen LogP contribution is 2.36. The Morgan fingerprint density at radius 2 is 1.71 bits per heavy atom. The van der Waals surface area contributed by atoms with E-state index in [-0.39, 0.29) is 27.1 Å². The maximum Gasteiger partial charge on any atom is 0.265 e. The molecule has 0 radical (unpaired) electrons. The van der Waals surface area contributed by atoms with Crippen LogP contribution in [0.2, 0.25) is 5.02 Å². The topological polar surface area (TPSA) is 107 Å². The summed E-state index contributed by atoms with van der Waals surface area (Å²) in [5.41, 5.74) is 0.125. The van der Waals surface area contributed by atoms with Gasteiger partial charge in [-0.15, -0.1) is 0 Å². The van der Waals surface area contributed by atoms with Gasteiger partial charge in [-0.3, -0.25) is 9.10 Å². The Bertz CT molecular complexity index is 1250. The predicted octanol–water partition coefficient (Wildman–Crippen LogP) is 3.90. The Hall–Kier alpha value is -3.37. The molecule has 188 valence electrons. The Morgan fingerprint density at radius 1 is 1.00 bits per heavy atom. The zero-order valence-electron chi connectivity index (χ0n) is 19.6. The first-order valence-electron chi connectivity index (χ1n) is 10.7. The second-order valence-corrected chi connectivity index (χ2v) is 9.68. The van der Waals surface area contributed by atoms with Gasteiger partial charge in [0.05, 0.1) is 38.2 Å². The van der Waals surface area contributed by atoms with Gasteiger partial charge in [0, 0.05) is 24.1 Å². The molecule has 0 unspecified atom stereocenters. The van der Waals surface area contributed by atoms with Crippen LogP contribution in [0.5, 0.6) is 17.2 Å². The van der Waals surface area contributed by atoms with Gasteiger partial charge in [-0.2, -0.15) is 0 Å². The van der Waals surface area contributed by atoms with Crippen molar-refractivity contribution in [1.82, 2.24) is 5.32 Å². The minimum atomic E-state index is -4.24. The summed E-state index contributed by atoms with van der Waals surface area (Å²) in [5.74, 6) is 1.15. The van der Waals surface area contributed by atoms with Crippen LogP contribution >= 0.6 is 11.6 Å². The predicted molar refractivity (Wildman–Crippen MR) is 132 cm³/mol. The summed E-state index contributed by atoms with van der Waals surface area (Å²) in [6.07, 6.45) is 2.86. The van der Waals surface area contributed by atoms with Crippen molar-refractivity contribution in [2.75, 3.05) is 38.7 Å². The molecule has 1 amide bonds. The molecule has 0 fully saturated rings. The van der Waals surface area contributed by atoms with Crippen molar-refractivity contribution in [2.45, 2.75) is 17.7 Å². The van der Waals surface area contributed by atoms with Gasteiger partial charge in [0.25, 0.3) is 10.0 Å². The van der Waals surface area contributed by atoms with Crippen molar-refractivity contribution in [1.29, 1.82) is 0 Å². The van der Waals surface area contributed by atoms with Crippen molar-refractivity contribution in [3.63, 3.8) is 0 Å². The molecule has 0 saturated carbocycles. The number of nitrogens with one attached hydrogen (secondary N) is 1. The smallest absolute Gasteiger partial charge is 0.265 e. The Morgan fingerprint density at radius 3 is 2.37 bits per heavy atom. The number of nitrogens with zero attached hydrogens (tertiary/aromatic N) is 1. The lowest BCUT2D eigenvalue weighted by molar-refractivity contribution is -0.119. The average molecular weight is 523 g/mol. The van der Waals surface area contributed by atoms with Gasteiger partial charge in [-0.1, -0.05) is 11.6 Å². The molecule has 0 saturated heterocycles. The number of hydrogen-bond donors (Lipinski definition) is 1. The largest absolute Gasteiger partial charge is 0.495 e.